The lowest BCUT2D eigenvalue weighted by Gasteiger charge is -2.41. The largest absolute Gasteiger partial charge is 0.384 e. The van der Waals surface area contributed by atoms with Crippen molar-refractivity contribution in [1.82, 2.24) is 15.2 Å². The van der Waals surface area contributed by atoms with E-state index >= 15 is 0 Å². The zero-order chi connectivity index (χ0) is 15.6. The third-order valence-electron chi connectivity index (χ3n) is 4.93. The third kappa shape index (κ3) is 2.59. The molecule has 2 aliphatic rings. The lowest BCUT2D eigenvalue weighted by Crippen LogP contribution is -2.47. The maximum atomic E-state index is 12.4. The topological polar surface area (TPSA) is 71.5 Å². The van der Waals surface area contributed by atoms with E-state index in [1.54, 1.807) is 25.4 Å². The number of hydrogen-bond acceptors (Lipinski definition) is 4. The van der Waals surface area contributed by atoms with Crippen LogP contribution >= 0.6 is 0 Å². The molecule has 1 unspecified atom stereocenters. The molecule has 2 saturated heterocycles. The molecule has 0 radical (unpaired) electrons. The summed E-state index contributed by atoms with van der Waals surface area (Å²) >= 11 is 0. The van der Waals surface area contributed by atoms with Crippen LogP contribution in [0.5, 0.6) is 0 Å². The summed E-state index contributed by atoms with van der Waals surface area (Å²) in [7, 11) is 1.62. The van der Waals surface area contributed by atoms with E-state index in [1.165, 1.54) is 0 Å². The quantitative estimate of drug-likeness (QED) is 0.892. The van der Waals surface area contributed by atoms with Crippen molar-refractivity contribution in [3.8, 4) is 0 Å². The minimum absolute atomic E-state index is 0.0315. The Balaban J connectivity index is 1.67. The molecule has 3 heterocycles. The Morgan fingerprint density at radius 3 is 2.86 bits per heavy atom. The molecule has 6 nitrogen and oxygen atoms in total. The number of likely N-dealkylation sites (tertiary alicyclic amines) is 1. The summed E-state index contributed by atoms with van der Waals surface area (Å²) in [5.74, 6) is -0.0630. The summed E-state index contributed by atoms with van der Waals surface area (Å²) in [6, 6.07) is 5.36. The van der Waals surface area contributed by atoms with E-state index < -0.39 is 0 Å². The first-order valence-corrected chi connectivity index (χ1v) is 7.63. The van der Waals surface area contributed by atoms with E-state index in [2.05, 4.69) is 10.3 Å². The van der Waals surface area contributed by atoms with Gasteiger partial charge in [-0.15, -0.1) is 0 Å². The number of piperidine rings is 1. The van der Waals surface area contributed by atoms with Gasteiger partial charge in [-0.05, 0) is 25.0 Å². The predicted molar refractivity (Wildman–Crippen MR) is 80.2 cm³/mol. The van der Waals surface area contributed by atoms with E-state index in [0.717, 1.165) is 12.8 Å². The number of amides is 2. The lowest BCUT2D eigenvalue weighted by molar-refractivity contribution is -0.126. The van der Waals surface area contributed by atoms with Gasteiger partial charge in [0.05, 0.1) is 12.5 Å². The van der Waals surface area contributed by atoms with Crippen LogP contribution in [0.15, 0.2) is 24.4 Å². The second-order valence-corrected chi connectivity index (χ2v) is 6.10. The number of aromatic nitrogens is 1. The molecule has 1 aromatic heterocycles. The highest BCUT2D eigenvalue weighted by atomic mass is 16.5. The van der Waals surface area contributed by atoms with Crippen molar-refractivity contribution in [2.45, 2.75) is 12.8 Å². The SMILES string of the molecule is COCC1C(=O)NCC12CCN(C(=O)c1ccccn1)CC2. The van der Waals surface area contributed by atoms with E-state index in [0.29, 0.717) is 31.9 Å². The number of carbonyl (C=O) groups excluding carboxylic acids is 2. The average Bonchev–Trinajstić information content (AvgIpc) is 2.86. The number of rotatable bonds is 3. The molecule has 2 fully saturated rings. The smallest absolute Gasteiger partial charge is 0.272 e. The summed E-state index contributed by atoms with van der Waals surface area (Å²) < 4.78 is 5.22. The monoisotopic (exact) mass is 303 g/mol. The summed E-state index contributed by atoms with van der Waals surface area (Å²) in [6.07, 6.45) is 3.27. The number of ether oxygens (including phenoxy) is 1. The van der Waals surface area contributed by atoms with Crippen LogP contribution in [0.2, 0.25) is 0 Å². The zero-order valence-corrected chi connectivity index (χ0v) is 12.7. The van der Waals surface area contributed by atoms with Gasteiger partial charge in [-0.3, -0.25) is 14.6 Å². The van der Waals surface area contributed by atoms with E-state index in [9.17, 15) is 9.59 Å². The van der Waals surface area contributed by atoms with Crippen LogP contribution in [-0.2, 0) is 9.53 Å². The normalized spacial score (nSPS) is 23.6. The van der Waals surface area contributed by atoms with Crippen LogP contribution in [0, 0.1) is 11.3 Å². The van der Waals surface area contributed by atoms with Crippen LogP contribution in [0.4, 0.5) is 0 Å². The minimum Gasteiger partial charge on any atom is -0.384 e. The van der Waals surface area contributed by atoms with Gasteiger partial charge in [0.1, 0.15) is 5.69 Å². The average molecular weight is 303 g/mol. The van der Waals surface area contributed by atoms with Crippen molar-refractivity contribution in [3.05, 3.63) is 30.1 Å². The van der Waals surface area contributed by atoms with Crippen LogP contribution < -0.4 is 5.32 Å². The standard InChI is InChI=1S/C16H21N3O3/c1-22-10-12-14(20)18-11-16(12)5-8-19(9-6-16)15(21)13-4-2-3-7-17-13/h2-4,7,12H,5-6,8-11H2,1H3,(H,18,20). The number of pyridine rings is 1. The van der Waals surface area contributed by atoms with Crippen LogP contribution in [0.1, 0.15) is 23.3 Å². The molecule has 3 rings (SSSR count). The lowest BCUT2D eigenvalue weighted by atomic mass is 9.71. The number of nitrogens with one attached hydrogen (secondary N) is 1. The molecule has 0 aromatic carbocycles. The van der Waals surface area contributed by atoms with Crippen molar-refractivity contribution in [2.24, 2.45) is 11.3 Å². The maximum absolute atomic E-state index is 12.4. The van der Waals surface area contributed by atoms with E-state index in [1.807, 2.05) is 11.0 Å². The molecule has 2 aliphatic heterocycles. The first-order valence-electron chi connectivity index (χ1n) is 7.63. The van der Waals surface area contributed by atoms with Crippen molar-refractivity contribution < 1.29 is 14.3 Å². The molecule has 6 heteroatoms. The fourth-order valence-electron chi connectivity index (χ4n) is 3.54. The fraction of sp³-hybridized carbons (Fsp3) is 0.562. The fourth-order valence-corrected chi connectivity index (χ4v) is 3.54. The second-order valence-electron chi connectivity index (χ2n) is 6.10. The number of carbonyl (C=O) groups is 2. The van der Waals surface area contributed by atoms with Gasteiger partial charge in [-0.25, -0.2) is 0 Å². The Labute approximate surface area is 129 Å². The zero-order valence-electron chi connectivity index (χ0n) is 12.7. The van der Waals surface area contributed by atoms with Gasteiger partial charge in [0, 0.05) is 38.4 Å². The summed E-state index contributed by atoms with van der Waals surface area (Å²) in [5.41, 5.74) is 0.404. The van der Waals surface area contributed by atoms with E-state index in [4.69, 9.17) is 4.74 Å². The van der Waals surface area contributed by atoms with Gasteiger partial charge in [-0.1, -0.05) is 6.07 Å². The number of nitrogens with zero attached hydrogens (tertiary/aromatic N) is 2. The molecular weight excluding hydrogens is 282 g/mol. The highest BCUT2D eigenvalue weighted by Gasteiger charge is 2.49. The molecule has 0 saturated carbocycles. The van der Waals surface area contributed by atoms with Crippen molar-refractivity contribution in [2.75, 3.05) is 33.4 Å². The van der Waals surface area contributed by atoms with Gasteiger partial charge < -0.3 is 15.0 Å². The molecule has 118 valence electrons. The molecule has 1 aromatic rings. The highest BCUT2D eigenvalue weighted by molar-refractivity contribution is 5.92. The Bertz CT molecular complexity index is 553. The predicted octanol–water partition coefficient (Wildman–Crippen LogP) is 0.696. The molecular formula is C16H21N3O3. The Kier molecular flexibility index (Phi) is 4.11. The molecule has 0 bridgehead atoms. The van der Waals surface area contributed by atoms with Crippen molar-refractivity contribution in [1.29, 1.82) is 0 Å². The van der Waals surface area contributed by atoms with Gasteiger partial charge in [0.25, 0.3) is 5.91 Å². The number of methoxy groups -OCH3 is 1. The van der Waals surface area contributed by atoms with Crippen molar-refractivity contribution >= 4 is 11.8 Å². The number of hydrogen-bond donors (Lipinski definition) is 1. The van der Waals surface area contributed by atoms with E-state index in [-0.39, 0.29) is 23.1 Å². The molecule has 2 amide bonds. The first kappa shape index (κ1) is 15.0. The van der Waals surface area contributed by atoms with Gasteiger partial charge in [0.15, 0.2) is 0 Å². The van der Waals surface area contributed by atoms with Gasteiger partial charge >= 0.3 is 0 Å². The summed E-state index contributed by atoms with van der Waals surface area (Å²) in [4.78, 5) is 30.4. The Morgan fingerprint density at radius 1 is 1.45 bits per heavy atom. The van der Waals surface area contributed by atoms with Crippen molar-refractivity contribution in [3.63, 3.8) is 0 Å². The van der Waals surface area contributed by atoms with Gasteiger partial charge in [-0.2, -0.15) is 0 Å². The summed E-state index contributed by atoms with van der Waals surface area (Å²) in [5, 5.41) is 2.96. The van der Waals surface area contributed by atoms with Crippen LogP contribution in [0.3, 0.4) is 0 Å². The third-order valence-corrected chi connectivity index (χ3v) is 4.93. The minimum atomic E-state index is -0.107. The Morgan fingerprint density at radius 2 is 2.23 bits per heavy atom. The molecule has 22 heavy (non-hydrogen) atoms. The Hall–Kier alpha value is -1.95. The second kappa shape index (κ2) is 6.04. The summed E-state index contributed by atoms with van der Waals surface area (Å²) in [6.45, 7) is 2.45. The molecule has 1 atom stereocenters. The maximum Gasteiger partial charge on any atom is 0.272 e. The first-order chi connectivity index (χ1) is 10.7. The molecule has 1 spiro atoms. The van der Waals surface area contributed by atoms with Crippen LogP contribution in [0.25, 0.3) is 0 Å². The van der Waals surface area contributed by atoms with Crippen LogP contribution in [-0.4, -0.2) is 55.0 Å². The molecule has 0 aliphatic carbocycles. The highest BCUT2D eigenvalue weighted by Crippen LogP contribution is 2.42. The van der Waals surface area contributed by atoms with Gasteiger partial charge in [0.2, 0.25) is 5.91 Å². The molecule has 1 N–H and O–H groups in total.